The third-order valence-corrected chi connectivity index (χ3v) is 4.98. The van der Waals surface area contributed by atoms with E-state index in [-0.39, 0.29) is 0 Å². The molecule has 18 heavy (non-hydrogen) atoms. The van der Waals surface area contributed by atoms with E-state index in [1.807, 2.05) is 0 Å². The van der Waals surface area contributed by atoms with Gasteiger partial charge in [0.05, 0.1) is 6.10 Å². The van der Waals surface area contributed by atoms with E-state index in [1.165, 1.54) is 44.9 Å². The molecule has 2 aliphatic rings. The molecule has 2 fully saturated rings. The minimum Gasteiger partial charge on any atom is -0.377 e. The van der Waals surface area contributed by atoms with Crippen LogP contribution in [0.15, 0.2) is 0 Å². The van der Waals surface area contributed by atoms with Crippen LogP contribution in [0.1, 0.15) is 65.7 Å². The highest BCUT2D eigenvalue weighted by atomic mass is 16.5. The predicted octanol–water partition coefficient (Wildman–Crippen LogP) is 3.75. The molecule has 1 saturated heterocycles. The summed E-state index contributed by atoms with van der Waals surface area (Å²) in [4.78, 5) is 0. The zero-order chi connectivity index (χ0) is 13.0. The van der Waals surface area contributed by atoms with Crippen LogP contribution in [0.25, 0.3) is 0 Å². The van der Waals surface area contributed by atoms with Gasteiger partial charge in [0.25, 0.3) is 0 Å². The topological polar surface area (TPSA) is 21.3 Å². The number of ether oxygens (including phenoxy) is 1. The SMILES string of the molecule is CC(C)C1CCCC(NC(C)C2CCCO2)CC1. The molecule has 0 amide bonds. The van der Waals surface area contributed by atoms with E-state index in [9.17, 15) is 0 Å². The molecule has 0 aromatic carbocycles. The van der Waals surface area contributed by atoms with Crippen LogP contribution in [0.3, 0.4) is 0 Å². The van der Waals surface area contributed by atoms with Crippen molar-refractivity contribution in [2.24, 2.45) is 11.8 Å². The van der Waals surface area contributed by atoms with Gasteiger partial charge in [-0.15, -0.1) is 0 Å². The van der Waals surface area contributed by atoms with Crippen LogP contribution in [0.2, 0.25) is 0 Å². The Bertz CT molecular complexity index is 235. The van der Waals surface area contributed by atoms with Gasteiger partial charge in [0.15, 0.2) is 0 Å². The summed E-state index contributed by atoms with van der Waals surface area (Å²) in [5.74, 6) is 1.81. The van der Waals surface area contributed by atoms with Crippen molar-refractivity contribution in [3.05, 3.63) is 0 Å². The molecule has 1 aliphatic carbocycles. The average Bonchev–Trinajstić information content (AvgIpc) is 2.77. The summed E-state index contributed by atoms with van der Waals surface area (Å²) < 4.78 is 5.78. The van der Waals surface area contributed by atoms with Crippen LogP contribution in [0, 0.1) is 11.8 Å². The molecule has 106 valence electrons. The average molecular weight is 253 g/mol. The van der Waals surface area contributed by atoms with E-state index in [0.717, 1.165) is 24.5 Å². The number of hydrogen-bond acceptors (Lipinski definition) is 2. The third kappa shape index (κ3) is 3.96. The van der Waals surface area contributed by atoms with Gasteiger partial charge in [0, 0.05) is 18.7 Å². The summed E-state index contributed by atoms with van der Waals surface area (Å²) >= 11 is 0. The largest absolute Gasteiger partial charge is 0.377 e. The van der Waals surface area contributed by atoms with Gasteiger partial charge < -0.3 is 10.1 Å². The van der Waals surface area contributed by atoms with Crippen LogP contribution in [0.4, 0.5) is 0 Å². The van der Waals surface area contributed by atoms with Gasteiger partial charge in [0.2, 0.25) is 0 Å². The van der Waals surface area contributed by atoms with Gasteiger partial charge >= 0.3 is 0 Å². The van der Waals surface area contributed by atoms with Gasteiger partial charge in [-0.1, -0.05) is 26.7 Å². The highest BCUT2D eigenvalue weighted by Crippen LogP contribution is 2.29. The molecule has 2 rings (SSSR count). The summed E-state index contributed by atoms with van der Waals surface area (Å²) in [6.45, 7) is 8.04. The molecule has 2 nitrogen and oxygen atoms in total. The fraction of sp³-hybridized carbons (Fsp3) is 1.00. The van der Waals surface area contributed by atoms with Crippen molar-refractivity contribution in [1.82, 2.24) is 5.32 Å². The van der Waals surface area contributed by atoms with Gasteiger partial charge in [-0.25, -0.2) is 0 Å². The van der Waals surface area contributed by atoms with Gasteiger partial charge in [0.1, 0.15) is 0 Å². The zero-order valence-electron chi connectivity index (χ0n) is 12.5. The highest BCUT2D eigenvalue weighted by Gasteiger charge is 2.26. The molecule has 0 aromatic rings. The monoisotopic (exact) mass is 253 g/mol. The summed E-state index contributed by atoms with van der Waals surface area (Å²) in [7, 11) is 0. The van der Waals surface area contributed by atoms with E-state index in [4.69, 9.17) is 4.74 Å². The summed E-state index contributed by atoms with van der Waals surface area (Å²) in [6.07, 6.45) is 9.93. The molecule has 1 N–H and O–H groups in total. The van der Waals surface area contributed by atoms with Crippen molar-refractivity contribution in [2.45, 2.75) is 83.9 Å². The molecule has 4 unspecified atom stereocenters. The van der Waals surface area contributed by atoms with Gasteiger partial charge in [-0.3, -0.25) is 0 Å². The predicted molar refractivity (Wildman–Crippen MR) is 76.8 cm³/mol. The highest BCUT2D eigenvalue weighted by molar-refractivity contribution is 4.83. The van der Waals surface area contributed by atoms with E-state index in [2.05, 4.69) is 26.1 Å². The first-order valence-electron chi connectivity index (χ1n) is 8.04. The lowest BCUT2D eigenvalue weighted by Crippen LogP contribution is -2.43. The fourth-order valence-electron chi connectivity index (χ4n) is 3.64. The number of rotatable bonds is 4. The summed E-state index contributed by atoms with van der Waals surface area (Å²) in [5, 5.41) is 3.84. The van der Waals surface area contributed by atoms with Crippen molar-refractivity contribution in [3.8, 4) is 0 Å². The minimum atomic E-state index is 0.467. The van der Waals surface area contributed by atoms with Crippen LogP contribution < -0.4 is 5.32 Å². The Morgan fingerprint density at radius 2 is 1.78 bits per heavy atom. The van der Waals surface area contributed by atoms with Crippen molar-refractivity contribution in [3.63, 3.8) is 0 Å². The van der Waals surface area contributed by atoms with Crippen LogP contribution in [-0.2, 0) is 4.74 Å². The first kappa shape index (κ1) is 14.3. The second-order valence-corrected chi connectivity index (χ2v) is 6.72. The maximum Gasteiger partial charge on any atom is 0.0726 e. The first-order chi connectivity index (χ1) is 8.66. The quantitative estimate of drug-likeness (QED) is 0.771. The van der Waals surface area contributed by atoms with Crippen molar-refractivity contribution in [2.75, 3.05) is 6.61 Å². The fourth-order valence-corrected chi connectivity index (χ4v) is 3.64. The lowest BCUT2D eigenvalue weighted by Gasteiger charge is -2.26. The standard InChI is InChI=1S/C16H31NO/c1-12(2)14-6-4-7-15(10-9-14)17-13(3)16-8-5-11-18-16/h12-17H,4-11H2,1-3H3. The lowest BCUT2D eigenvalue weighted by atomic mass is 9.89. The number of hydrogen-bond donors (Lipinski definition) is 1. The maximum absolute atomic E-state index is 5.78. The number of nitrogens with one attached hydrogen (secondary N) is 1. The molecule has 0 aromatic heterocycles. The molecule has 1 aliphatic heterocycles. The Kier molecular flexibility index (Phi) is 5.50. The molecule has 0 radical (unpaired) electrons. The third-order valence-electron chi connectivity index (χ3n) is 4.98. The molecule has 0 spiro atoms. The molecule has 4 atom stereocenters. The van der Waals surface area contributed by atoms with Crippen LogP contribution in [0.5, 0.6) is 0 Å². The Morgan fingerprint density at radius 3 is 2.44 bits per heavy atom. The van der Waals surface area contributed by atoms with Crippen molar-refractivity contribution < 1.29 is 4.74 Å². The van der Waals surface area contributed by atoms with Crippen molar-refractivity contribution >= 4 is 0 Å². The van der Waals surface area contributed by atoms with E-state index >= 15 is 0 Å². The lowest BCUT2D eigenvalue weighted by molar-refractivity contribution is 0.0787. The minimum absolute atomic E-state index is 0.467. The Balaban J connectivity index is 1.75. The second kappa shape index (κ2) is 6.91. The Labute approximate surface area is 113 Å². The zero-order valence-corrected chi connectivity index (χ0v) is 12.5. The summed E-state index contributed by atoms with van der Waals surface area (Å²) in [6, 6.07) is 1.26. The molecule has 1 saturated carbocycles. The molecule has 1 heterocycles. The second-order valence-electron chi connectivity index (χ2n) is 6.72. The maximum atomic E-state index is 5.78. The Hall–Kier alpha value is -0.0800. The smallest absolute Gasteiger partial charge is 0.0726 e. The summed E-state index contributed by atoms with van der Waals surface area (Å²) in [5.41, 5.74) is 0. The van der Waals surface area contributed by atoms with E-state index in [1.54, 1.807) is 0 Å². The molecular weight excluding hydrogens is 222 g/mol. The van der Waals surface area contributed by atoms with E-state index in [0.29, 0.717) is 12.1 Å². The van der Waals surface area contributed by atoms with Crippen LogP contribution >= 0.6 is 0 Å². The van der Waals surface area contributed by atoms with E-state index < -0.39 is 0 Å². The molecule has 2 heteroatoms. The van der Waals surface area contributed by atoms with Gasteiger partial charge in [-0.05, 0) is 50.9 Å². The normalized spacial score (nSPS) is 35.7. The molecule has 0 bridgehead atoms. The van der Waals surface area contributed by atoms with Crippen LogP contribution in [-0.4, -0.2) is 24.8 Å². The first-order valence-corrected chi connectivity index (χ1v) is 8.04. The Morgan fingerprint density at radius 1 is 0.944 bits per heavy atom. The van der Waals surface area contributed by atoms with Crippen molar-refractivity contribution in [1.29, 1.82) is 0 Å². The molecular formula is C16H31NO. The van der Waals surface area contributed by atoms with Gasteiger partial charge in [-0.2, -0.15) is 0 Å².